The molecule has 5 heteroatoms. The van der Waals surface area contributed by atoms with E-state index in [1.165, 1.54) is 16.2 Å². The molecule has 2 aliphatic rings. The number of imide groups is 1. The normalized spacial score (nSPS) is 24.8. The maximum absolute atomic E-state index is 12.2. The number of hydrogen-bond acceptors (Lipinski definition) is 4. The fourth-order valence-electron chi connectivity index (χ4n) is 3.03. The summed E-state index contributed by atoms with van der Waals surface area (Å²) < 4.78 is 0. The fourth-order valence-corrected chi connectivity index (χ4v) is 3.90. The van der Waals surface area contributed by atoms with E-state index in [0.717, 1.165) is 29.0 Å². The van der Waals surface area contributed by atoms with Gasteiger partial charge in [-0.3, -0.25) is 14.5 Å². The number of likely N-dealkylation sites (tertiary alicyclic amines) is 1. The molecule has 1 aliphatic heterocycles. The van der Waals surface area contributed by atoms with Crippen molar-refractivity contribution in [2.75, 3.05) is 6.61 Å². The third-order valence-electron chi connectivity index (χ3n) is 3.95. The van der Waals surface area contributed by atoms with Gasteiger partial charge in [0, 0.05) is 4.88 Å². The monoisotopic (exact) mass is 289 g/mol. The first-order chi connectivity index (χ1) is 9.70. The third-order valence-corrected chi connectivity index (χ3v) is 4.93. The Morgan fingerprint density at radius 3 is 2.60 bits per heavy atom. The lowest BCUT2D eigenvalue weighted by molar-refractivity contribution is -0.140. The summed E-state index contributed by atoms with van der Waals surface area (Å²) in [7, 11) is 0. The molecule has 3 rings (SSSR count). The van der Waals surface area contributed by atoms with Gasteiger partial charge in [0.15, 0.2) is 0 Å². The highest BCUT2D eigenvalue weighted by molar-refractivity contribution is 7.12. The number of rotatable bonds is 2. The van der Waals surface area contributed by atoms with Crippen molar-refractivity contribution >= 4 is 23.2 Å². The molecule has 2 heterocycles. The van der Waals surface area contributed by atoms with Crippen molar-refractivity contribution in [2.45, 2.75) is 25.8 Å². The van der Waals surface area contributed by atoms with Crippen LogP contribution in [0.2, 0.25) is 0 Å². The molecular weight excluding hydrogens is 274 g/mol. The molecule has 0 spiro atoms. The molecule has 0 aromatic carbocycles. The van der Waals surface area contributed by atoms with E-state index < -0.39 is 0 Å². The van der Waals surface area contributed by atoms with Crippen LogP contribution < -0.4 is 0 Å². The minimum absolute atomic E-state index is 0.00566. The number of amides is 2. The molecule has 104 valence electrons. The molecule has 2 unspecified atom stereocenters. The van der Waals surface area contributed by atoms with Gasteiger partial charge >= 0.3 is 0 Å². The van der Waals surface area contributed by atoms with E-state index >= 15 is 0 Å². The van der Waals surface area contributed by atoms with Gasteiger partial charge in [-0.1, -0.05) is 18.3 Å². The van der Waals surface area contributed by atoms with Gasteiger partial charge in [-0.2, -0.15) is 0 Å². The van der Waals surface area contributed by atoms with Crippen LogP contribution in [-0.2, 0) is 16.1 Å². The van der Waals surface area contributed by atoms with Gasteiger partial charge in [0.2, 0.25) is 11.8 Å². The Balaban J connectivity index is 1.73. The number of aliphatic hydroxyl groups excluding tert-OH is 1. The predicted octanol–water partition coefficient (Wildman–Crippen LogP) is 1.38. The molecule has 0 bridgehead atoms. The van der Waals surface area contributed by atoms with Crippen molar-refractivity contribution in [3.8, 4) is 11.8 Å². The van der Waals surface area contributed by atoms with E-state index in [1.807, 2.05) is 12.1 Å². The SMILES string of the molecule is O=C1C2CCCC2C(=O)N1Cc1ccc(C#CCO)s1. The van der Waals surface area contributed by atoms with E-state index in [-0.39, 0.29) is 30.3 Å². The van der Waals surface area contributed by atoms with Gasteiger partial charge in [-0.15, -0.1) is 11.3 Å². The average molecular weight is 289 g/mol. The number of hydrogen-bond donors (Lipinski definition) is 1. The zero-order chi connectivity index (χ0) is 14.1. The first kappa shape index (κ1) is 13.3. The molecule has 1 saturated heterocycles. The lowest BCUT2D eigenvalue weighted by Gasteiger charge is -2.14. The van der Waals surface area contributed by atoms with Crippen LogP contribution in [0.4, 0.5) is 0 Å². The molecule has 2 amide bonds. The Kier molecular flexibility index (Phi) is 3.60. The van der Waals surface area contributed by atoms with Gasteiger partial charge < -0.3 is 5.11 Å². The maximum Gasteiger partial charge on any atom is 0.233 e. The van der Waals surface area contributed by atoms with Crippen molar-refractivity contribution in [1.29, 1.82) is 0 Å². The Labute approximate surface area is 121 Å². The molecule has 2 atom stereocenters. The number of nitrogens with zero attached hydrogens (tertiary/aromatic N) is 1. The summed E-state index contributed by atoms with van der Waals surface area (Å²) in [5, 5.41) is 8.66. The molecule has 1 aromatic rings. The van der Waals surface area contributed by atoms with Crippen LogP contribution in [-0.4, -0.2) is 28.4 Å². The fraction of sp³-hybridized carbons (Fsp3) is 0.467. The second-order valence-corrected chi connectivity index (χ2v) is 6.30. The molecule has 20 heavy (non-hydrogen) atoms. The Morgan fingerprint density at radius 2 is 1.95 bits per heavy atom. The zero-order valence-corrected chi connectivity index (χ0v) is 11.8. The first-order valence-electron chi connectivity index (χ1n) is 6.74. The lowest BCUT2D eigenvalue weighted by atomic mass is 10.00. The van der Waals surface area contributed by atoms with E-state index in [9.17, 15) is 9.59 Å². The van der Waals surface area contributed by atoms with E-state index in [4.69, 9.17) is 5.11 Å². The smallest absolute Gasteiger partial charge is 0.233 e. The molecule has 1 aromatic heterocycles. The van der Waals surface area contributed by atoms with Gasteiger partial charge in [0.25, 0.3) is 0 Å². The van der Waals surface area contributed by atoms with Gasteiger partial charge in [-0.25, -0.2) is 0 Å². The largest absolute Gasteiger partial charge is 0.384 e. The summed E-state index contributed by atoms with van der Waals surface area (Å²) in [5.41, 5.74) is 0. The van der Waals surface area contributed by atoms with Crippen molar-refractivity contribution in [3.05, 3.63) is 21.9 Å². The molecular formula is C15H15NO3S. The molecule has 1 N–H and O–H groups in total. The summed E-state index contributed by atoms with van der Waals surface area (Å²) in [4.78, 5) is 27.7. The lowest BCUT2D eigenvalue weighted by Crippen LogP contribution is -2.30. The highest BCUT2D eigenvalue weighted by Gasteiger charge is 2.49. The van der Waals surface area contributed by atoms with Crippen LogP contribution in [0.5, 0.6) is 0 Å². The van der Waals surface area contributed by atoms with Crippen LogP contribution >= 0.6 is 11.3 Å². The zero-order valence-electron chi connectivity index (χ0n) is 11.0. The van der Waals surface area contributed by atoms with Gasteiger partial charge in [0.1, 0.15) is 6.61 Å². The van der Waals surface area contributed by atoms with Gasteiger partial charge in [-0.05, 0) is 25.0 Å². The van der Waals surface area contributed by atoms with Crippen LogP contribution in [0.1, 0.15) is 29.0 Å². The number of carbonyl (C=O) groups is 2. The first-order valence-corrected chi connectivity index (χ1v) is 7.56. The molecule has 2 fully saturated rings. The Morgan fingerprint density at radius 1 is 1.25 bits per heavy atom. The second kappa shape index (κ2) is 5.39. The van der Waals surface area contributed by atoms with E-state index in [1.54, 1.807) is 0 Å². The highest BCUT2D eigenvalue weighted by Crippen LogP contribution is 2.40. The topological polar surface area (TPSA) is 57.6 Å². The Hall–Kier alpha value is -1.64. The standard InChI is InChI=1S/C15H15NO3S/c17-8-2-3-10-6-7-11(20-10)9-16-14(18)12-4-1-5-13(12)15(16)19/h6-7,12-13,17H,1,4-5,8-9H2. The number of fused-ring (bicyclic) bond motifs is 1. The Bertz CT molecular complexity index is 588. The van der Waals surface area contributed by atoms with Crippen LogP contribution in [0, 0.1) is 23.7 Å². The number of aliphatic hydroxyl groups is 1. The summed E-state index contributed by atoms with van der Waals surface area (Å²) in [5.74, 6) is 5.26. The summed E-state index contributed by atoms with van der Waals surface area (Å²) in [6, 6.07) is 3.75. The minimum Gasteiger partial charge on any atom is -0.384 e. The maximum atomic E-state index is 12.2. The van der Waals surface area contributed by atoms with Crippen molar-refractivity contribution in [2.24, 2.45) is 11.8 Å². The van der Waals surface area contributed by atoms with Crippen LogP contribution in [0.25, 0.3) is 0 Å². The quantitative estimate of drug-likeness (QED) is 0.661. The molecule has 1 aliphatic carbocycles. The summed E-state index contributed by atoms with van der Waals surface area (Å²) in [6.45, 7) is 0.190. The molecule has 0 radical (unpaired) electrons. The van der Waals surface area contributed by atoms with Crippen LogP contribution in [0.3, 0.4) is 0 Å². The van der Waals surface area contributed by atoms with Crippen molar-refractivity contribution < 1.29 is 14.7 Å². The second-order valence-electron chi connectivity index (χ2n) is 5.13. The predicted molar refractivity (Wildman–Crippen MR) is 74.7 cm³/mol. The highest BCUT2D eigenvalue weighted by atomic mass is 32.1. The van der Waals surface area contributed by atoms with E-state index in [2.05, 4.69) is 11.8 Å². The minimum atomic E-state index is -0.167. The van der Waals surface area contributed by atoms with Crippen LogP contribution in [0.15, 0.2) is 12.1 Å². The number of thiophene rings is 1. The van der Waals surface area contributed by atoms with E-state index in [0.29, 0.717) is 6.54 Å². The average Bonchev–Trinajstić information content (AvgIpc) is 3.13. The van der Waals surface area contributed by atoms with Crippen molar-refractivity contribution in [3.63, 3.8) is 0 Å². The molecule has 1 saturated carbocycles. The summed E-state index contributed by atoms with van der Waals surface area (Å²) >= 11 is 1.46. The summed E-state index contributed by atoms with van der Waals surface area (Å²) in [6.07, 6.45) is 2.69. The van der Waals surface area contributed by atoms with Crippen molar-refractivity contribution in [1.82, 2.24) is 4.90 Å². The van der Waals surface area contributed by atoms with Gasteiger partial charge in [0.05, 0.1) is 23.3 Å². The number of carbonyl (C=O) groups excluding carboxylic acids is 2. The molecule has 4 nitrogen and oxygen atoms in total. The third kappa shape index (κ3) is 2.26.